The van der Waals surface area contributed by atoms with Gasteiger partial charge in [-0.05, 0) is 23.6 Å². The highest BCUT2D eigenvalue weighted by Gasteiger charge is 2.19. The Hall–Kier alpha value is -0.310. The van der Waals surface area contributed by atoms with E-state index in [2.05, 4.69) is 13.8 Å². The van der Waals surface area contributed by atoms with Gasteiger partial charge in [0.05, 0.1) is 15.0 Å². The van der Waals surface area contributed by atoms with Gasteiger partial charge in [0.25, 0.3) is 0 Å². The Bertz CT molecular complexity index is 377. The highest BCUT2D eigenvalue weighted by Crippen LogP contribution is 2.30. The second-order valence-electron chi connectivity index (χ2n) is 3.80. The van der Waals surface area contributed by atoms with Crippen LogP contribution in [0.25, 0.3) is 0 Å². The molecule has 0 heterocycles. The molecule has 1 nitrogen and oxygen atoms in total. The monoisotopic (exact) mass is 261 g/mol. The third kappa shape index (κ3) is 3.07. The molecule has 15 heavy (non-hydrogen) atoms. The Morgan fingerprint density at radius 2 is 1.87 bits per heavy atom. The highest BCUT2D eigenvalue weighted by atomic mass is 35.5. The maximum absolute atomic E-state index is 5.95. The van der Waals surface area contributed by atoms with E-state index in [1.54, 1.807) is 6.07 Å². The van der Waals surface area contributed by atoms with Crippen LogP contribution in [0.1, 0.15) is 25.3 Å². The smallest absolute Gasteiger partial charge is 0.0805 e. The van der Waals surface area contributed by atoms with E-state index in [9.17, 15) is 0 Å². The van der Waals surface area contributed by atoms with E-state index in [1.807, 2.05) is 12.1 Å². The van der Waals surface area contributed by atoms with Gasteiger partial charge >= 0.3 is 0 Å². The van der Waals surface area contributed by atoms with Gasteiger partial charge < -0.3 is 5.73 Å². The first-order valence-electron chi connectivity index (χ1n) is 4.67. The fourth-order valence-corrected chi connectivity index (χ4v) is 2.30. The minimum atomic E-state index is 0.0507. The summed E-state index contributed by atoms with van der Waals surface area (Å²) in [5.41, 5.74) is 6.73. The van der Waals surface area contributed by atoms with Crippen molar-refractivity contribution in [1.82, 2.24) is 0 Å². The summed E-state index contributed by atoms with van der Waals surface area (Å²) in [6.45, 7) is 4.15. The van der Waals surface area contributed by atoms with Crippen molar-refractivity contribution in [3.05, 3.63) is 33.8 Å². The van der Waals surface area contributed by atoms with Crippen LogP contribution < -0.4 is 5.73 Å². The summed E-state index contributed by atoms with van der Waals surface area (Å²) in [6, 6.07) is 5.51. The fraction of sp³-hybridized carbons (Fsp3) is 0.364. The van der Waals surface area contributed by atoms with Crippen molar-refractivity contribution < 1.29 is 0 Å². The maximum atomic E-state index is 5.95. The topological polar surface area (TPSA) is 26.0 Å². The zero-order valence-electron chi connectivity index (χ0n) is 8.63. The summed E-state index contributed by atoms with van der Waals surface area (Å²) in [7, 11) is 0. The van der Waals surface area contributed by atoms with Gasteiger partial charge in [-0.3, -0.25) is 0 Å². The molecule has 1 aromatic rings. The lowest BCUT2D eigenvalue weighted by Crippen LogP contribution is -2.23. The van der Waals surface area contributed by atoms with Crippen LogP contribution in [0, 0.1) is 5.92 Å². The van der Waals surface area contributed by atoms with Crippen molar-refractivity contribution in [2.45, 2.75) is 19.8 Å². The molecule has 0 saturated heterocycles. The molecule has 1 unspecified atom stereocenters. The first-order valence-corrected chi connectivity index (χ1v) is 5.84. The van der Waals surface area contributed by atoms with E-state index < -0.39 is 0 Å². The lowest BCUT2D eigenvalue weighted by atomic mass is 9.88. The number of hydrogen-bond acceptors (Lipinski definition) is 1. The third-order valence-electron chi connectivity index (χ3n) is 2.28. The molecule has 1 rings (SSSR count). The molecular formula is C11H13Cl2NS. The normalized spacial score (nSPS) is 12.9. The number of nitrogens with two attached hydrogens (primary N) is 1. The molecule has 0 bridgehead atoms. The highest BCUT2D eigenvalue weighted by molar-refractivity contribution is 7.80. The molecule has 82 valence electrons. The molecule has 0 radical (unpaired) electrons. The quantitative estimate of drug-likeness (QED) is 0.832. The minimum Gasteiger partial charge on any atom is -0.393 e. The molecule has 2 N–H and O–H groups in total. The van der Waals surface area contributed by atoms with Crippen molar-refractivity contribution >= 4 is 40.4 Å². The lowest BCUT2D eigenvalue weighted by molar-refractivity contribution is 0.604. The molecule has 0 aliphatic rings. The van der Waals surface area contributed by atoms with Gasteiger partial charge in [-0.15, -0.1) is 0 Å². The molecule has 4 heteroatoms. The van der Waals surface area contributed by atoms with Gasteiger partial charge in [0, 0.05) is 5.92 Å². The summed E-state index contributed by atoms with van der Waals surface area (Å²) in [5.74, 6) is 0.398. The molecule has 0 aromatic heterocycles. The number of hydrogen-bond donors (Lipinski definition) is 1. The first-order chi connectivity index (χ1) is 6.93. The molecule has 0 spiro atoms. The number of thiocarbonyl (C=S) groups is 1. The first kappa shape index (κ1) is 12.8. The van der Waals surface area contributed by atoms with E-state index in [4.69, 9.17) is 41.2 Å². The maximum Gasteiger partial charge on any atom is 0.0805 e. The van der Waals surface area contributed by atoms with E-state index in [0.29, 0.717) is 21.0 Å². The molecule has 0 fully saturated rings. The van der Waals surface area contributed by atoms with Crippen LogP contribution in [0.5, 0.6) is 0 Å². The molecule has 0 saturated carbocycles. The van der Waals surface area contributed by atoms with Gasteiger partial charge in [-0.1, -0.05) is 55.3 Å². The Labute approximate surface area is 106 Å². The Morgan fingerprint density at radius 1 is 1.27 bits per heavy atom. The summed E-state index contributed by atoms with van der Waals surface area (Å²) in [6.07, 6.45) is 0. The average molecular weight is 262 g/mol. The molecular weight excluding hydrogens is 249 g/mol. The molecule has 1 atom stereocenters. The van der Waals surface area contributed by atoms with Crippen LogP contribution in [0.15, 0.2) is 18.2 Å². The van der Waals surface area contributed by atoms with Crippen molar-refractivity contribution in [2.24, 2.45) is 11.7 Å². The molecule has 0 amide bonds. The average Bonchev–Trinajstić information content (AvgIpc) is 2.10. The van der Waals surface area contributed by atoms with Crippen LogP contribution in [0.3, 0.4) is 0 Å². The number of halogens is 2. The summed E-state index contributed by atoms with van der Waals surface area (Å²) in [5, 5.41) is 1.09. The van der Waals surface area contributed by atoms with Gasteiger partial charge in [0.15, 0.2) is 0 Å². The van der Waals surface area contributed by atoms with Gasteiger partial charge in [0.1, 0.15) is 0 Å². The second kappa shape index (κ2) is 5.15. The standard InChI is InChI=1S/C11H13Cl2NS/c1-6(2)10(11(14)15)7-3-4-8(12)9(13)5-7/h3-6,10H,1-2H3,(H2,14,15). The Morgan fingerprint density at radius 3 is 2.27 bits per heavy atom. The SMILES string of the molecule is CC(C)C(C(N)=S)c1ccc(Cl)c(Cl)c1. The summed E-state index contributed by atoms with van der Waals surface area (Å²) >= 11 is 16.9. The summed E-state index contributed by atoms with van der Waals surface area (Å²) in [4.78, 5) is 0.489. The van der Waals surface area contributed by atoms with Crippen LogP contribution in [-0.4, -0.2) is 4.99 Å². The third-order valence-corrected chi connectivity index (χ3v) is 3.27. The predicted molar refractivity (Wildman–Crippen MR) is 70.8 cm³/mol. The second-order valence-corrected chi connectivity index (χ2v) is 5.08. The Kier molecular flexibility index (Phi) is 4.38. The van der Waals surface area contributed by atoms with Crippen LogP contribution in [-0.2, 0) is 0 Å². The van der Waals surface area contributed by atoms with Gasteiger partial charge in [-0.2, -0.15) is 0 Å². The molecule has 0 aliphatic heterocycles. The fourth-order valence-electron chi connectivity index (χ4n) is 1.58. The van der Waals surface area contributed by atoms with Crippen LogP contribution >= 0.6 is 35.4 Å². The van der Waals surface area contributed by atoms with Gasteiger partial charge in [0.2, 0.25) is 0 Å². The van der Waals surface area contributed by atoms with E-state index >= 15 is 0 Å². The number of rotatable bonds is 3. The van der Waals surface area contributed by atoms with Crippen molar-refractivity contribution in [2.75, 3.05) is 0 Å². The van der Waals surface area contributed by atoms with E-state index in [1.165, 1.54) is 0 Å². The summed E-state index contributed by atoms with van der Waals surface area (Å²) < 4.78 is 0. The van der Waals surface area contributed by atoms with E-state index in [-0.39, 0.29) is 5.92 Å². The minimum absolute atomic E-state index is 0.0507. The lowest BCUT2D eigenvalue weighted by Gasteiger charge is -2.20. The van der Waals surface area contributed by atoms with E-state index in [0.717, 1.165) is 5.56 Å². The van der Waals surface area contributed by atoms with Crippen molar-refractivity contribution in [3.63, 3.8) is 0 Å². The van der Waals surface area contributed by atoms with Gasteiger partial charge in [-0.25, -0.2) is 0 Å². The van der Waals surface area contributed by atoms with Crippen LogP contribution in [0.2, 0.25) is 10.0 Å². The van der Waals surface area contributed by atoms with Crippen molar-refractivity contribution in [3.8, 4) is 0 Å². The van der Waals surface area contributed by atoms with Crippen LogP contribution in [0.4, 0.5) is 0 Å². The number of benzene rings is 1. The zero-order valence-corrected chi connectivity index (χ0v) is 11.0. The van der Waals surface area contributed by atoms with Crippen molar-refractivity contribution in [1.29, 1.82) is 0 Å². The largest absolute Gasteiger partial charge is 0.393 e. The zero-order chi connectivity index (χ0) is 11.6. The molecule has 1 aromatic carbocycles. The predicted octanol–water partition coefficient (Wildman–Crippen LogP) is 4.02. The molecule has 0 aliphatic carbocycles. The Balaban J connectivity index is 3.12.